The number of nitrogens with two attached hydrogens (primary N) is 1. The van der Waals surface area contributed by atoms with Crippen LogP contribution in [0.5, 0.6) is 0 Å². The second-order valence-electron chi connectivity index (χ2n) is 5.81. The molecule has 3 N–H and O–H groups in total. The zero-order valence-corrected chi connectivity index (χ0v) is 13.0. The Kier molecular flexibility index (Phi) is 6.76. The van der Waals surface area contributed by atoms with Gasteiger partial charge in [0.2, 0.25) is 11.8 Å². The smallest absolute Gasteiger partial charge is 0.223 e. The number of fused-ring (bicyclic) bond motifs is 1. The lowest BCUT2D eigenvalue weighted by Gasteiger charge is -2.18. The van der Waals surface area contributed by atoms with Crippen LogP contribution in [-0.4, -0.2) is 42.4 Å². The van der Waals surface area contributed by atoms with E-state index in [9.17, 15) is 9.59 Å². The summed E-state index contributed by atoms with van der Waals surface area (Å²) in [6.07, 6.45) is 3.79. The molecule has 2 rings (SSSR count). The summed E-state index contributed by atoms with van der Waals surface area (Å²) in [5, 5.41) is 2.80. The molecule has 6 heteroatoms. The number of halogens is 1. The molecule has 0 radical (unpaired) electrons. The summed E-state index contributed by atoms with van der Waals surface area (Å²) in [7, 11) is 0. The molecule has 0 aromatic rings. The van der Waals surface area contributed by atoms with Crippen molar-refractivity contribution in [2.24, 2.45) is 17.6 Å². The Morgan fingerprint density at radius 2 is 2.00 bits per heavy atom. The maximum Gasteiger partial charge on any atom is 0.223 e. The van der Waals surface area contributed by atoms with Gasteiger partial charge in [-0.1, -0.05) is 6.92 Å². The number of nitrogens with one attached hydrogen (secondary N) is 1. The number of amides is 2. The van der Waals surface area contributed by atoms with E-state index >= 15 is 0 Å². The van der Waals surface area contributed by atoms with Crippen LogP contribution in [-0.2, 0) is 9.59 Å². The molecule has 2 aliphatic rings. The summed E-state index contributed by atoms with van der Waals surface area (Å²) in [5.41, 5.74) is 6.06. The fourth-order valence-corrected chi connectivity index (χ4v) is 3.24. The molecule has 3 unspecified atom stereocenters. The molecule has 0 aromatic carbocycles. The van der Waals surface area contributed by atoms with E-state index in [4.69, 9.17) is 5.73 Å². The number of nitrogens with zero attached hydrogens (tertiary/aromatic N) is 1. The predicted molar refractivity (Wildman–Crippen MR) is 80.6 cm³/mol. The minimum absolute atomic E-state index is 0. The fourth-order valence-electron chi connectivity index (χ4n) is 3.24. The molecular formula is C14H26ClN3O2. The number of rotatable bonds is 5. The zero-order chi connectivity index (χ0) is 13.8. The number of hydrogen-bond acceptors (Lipinski definition) is 3. The van der Waals surface area contributed by atoms with Crippen LogP contribution in [0, 0.1) is 11.8 Å². The fraction of sp³-hybridized carbons (Fsp3) is 0.857. The lowest BCUT2D eigenvalue weighted by atomic mass is 9.98. The van der Waals surface area contributed by atoms with Crippen molar-refractivity contribution < 1.29 is 9.59 Å². The van der Waals surface area contributed by atoms with Crippen molar-refractivity contribution in [3.05, 3.63) is 0 Å². The number of hydrogen-bond donors (Lipinski definition) is 2. The zero-order valence-electron chi connectivity index (χ0n) is 12.1. The van der Waals surface area contributed by atoms with Gasteiger partial charge < -0.3 is 16.0 Å². The summed E-state index contributed by atoms with van der Waals surface area (Å²) in [5.74, 6) is 1.16. The van der Waals surface area contributed by atoms with E-state index < -0.39 is 0 Å². The molecule has 5 nitrogen and oxygen atoms in total. The molecule has 2 fully saturated rings. The average Bonchev–Trinajstić information content (AvgIpc) is 2.96. The first-order valence-electron chi connectivity index (χ1n) is 7.42. The van der Waals surface area contributed by atoms with Crippen LogP contribution < -0.4 is 11.1 Å². The van der Waals surface area contributed by atoms with Gasteiger partial charge in [0.1, 0.15) is 0 Å². The Hall–Kier alpha value is -0.810. The van der Waals surface area contributed by atoms with E-state index in [0.29, 0.717) is 31.2 Å². The molecule has 1 saturated carbocycles. The summed E-state index contributed by atoms with van der Waals surface area (Å²) in [6.45, 7) is 4.34. The van der Waals surface area contributed by atoms with Gasteiger partial charge >= 0.3 is 0 Å². The van der Waals surface area contributed by atoms with Crippen LogP contribution in [0.15, 0.2) is 0 Å². The van der Waals surface area contributed by atoms with Crippen LogP contribution in [0.25, 0.3) is 0 Å². The van der Waals surface area contributed by atoms with E-state index in [1.165, 1.54) is 0 Å². The Labute approximate surface area is 127 Å². The van der Waals surface area contributed by atoms with Gasteiger partial charge in [0, 0.05) is 38.5 Å². The monoisotopic (exact) mass is 303 g/mol. The molecule has 1 saturated heterocycles. The van der Waals surface area contributed by atoms with Gasteiger partial charge in [-0.25, -0.2) is 0 Å². The highest BCUT2D eigenvalue weighted by molar-refractivity contribution is 5.85. The topological polar surface area (TPSA) is 75.4 Å². The van der Waals surface area contributed by atoms with Gasteiger partial charge in [-0.05, 0) is 31.1 Å². The van der Waals surface area contributed by atoms with Crippen molar-refractivity contribution in [1.82, 2.24) is 10.2 Å². The molecule has 116 valence electrons. The van der Waals surface area contributed by atoms with Gasteiger partial charge in [0.15, 0.2) is 0 Å². The largest absolute Gasteiger partial charge is 0.356 e. The molecule has 1 heterocycles. The molecular weight excluding hydrogens is 278 g/mol. The average molecular weight is 304 g/mol. The lowest BCUT2D eigenvalue weighted by Crippen LogP contribution is -2.34. The second-order valence-corrected chi connectivity index (χ2v) is 5.81. The lowest BCUT2D eigenvalue weighted by molar-refractivity contribution is -0.133. The van der Waals surface area contributed by atoms with E-state index in [0.717, 1.165) is 32.4 Å². The third-order valence-corrected chi connectivity index (χ3v) is 4.40. The normalized spacial score (nSPS) is 27.9. The predicted octanol–water partition coefficient (Wildman–Crippen LogP) is 0.910. The van der Waals surface area contributed by atoms with Crippen LogP contribution in [0.1, 0.15) is 39.0 Å². The summed E-state index contributed by atoms with van der Waals surface area (Å²) in [6, 6.07) is 0.260. The van der Waals surface area contributed by atoms with Crippen molar-refractivity contribution in [2.45, 2.75) is 45.1 Å². The van der Waals surface area contributed by atoms with Crippen molar-refractivity contribution in [3.8, 4) is 0 Å². The molecule has 3 atom stereocenters. The minimum Gasteiger partial charge on any atom is -0.356 e. The molecule has 0 aromatic heterocycles. The third-order valence-electron chi connectivity index (χ3n) is 4.40. The summed E-state index contributed by atoms with van der Waals surface area (Å²) < 4.78 is 0. The first-order valence-corrected chi connectivity index (χ1v) is 7.42. The van der Waals surface area contributed by atoms with Crippen LogP contribution in [0.2, 0.25) is 0 Å². The standard InChI is InChI=1S/C14H25N3O2.ClH/c1-2-7-16-13(18)5-6-14(19)17-8-10-3-4-12(15)11(10)9-17;/h10-12H,2-9,15H2,1H3,(H,16,18);1H. The van der Waals surface area contributed by atoms with Gasteiger partial charge in [-0.3, -0.25) is 9.59 Å². The van der Waals surface area contributed by atoms with Crippen molar-refractivity contribution >= 4 is 24.2 Å². The van der Waals surface area contributed by atoms with Crippen molar-refractivity contribution in [2.75, 3.05) is 19.6 Å². The summed E-state index contributed by atoms with van der Waals surface area (Å²) in [4.78, 5) is 25.4. The van der Waals surface area contributed by atoms with E-state index in [-0.39, 0.29) is 30.3 Å². The van der Waals surface area contributed by atoms with Gasteiger partial charge in [0.05, 0.1) is 0 Å². The molecule has 1 aliphatic carbocycles. The second kappa shape index (κ2) is 7.84. The van der Waals surface area contributed by atoms with Crippen LogP contribution in [0.3, 0.4) is 0 Å². The van der Waals surface area contributed by atoms with Gasteiger partial charge in [-0.2, -0.15) is 0 Å². The Balaban J connectivity index is 0.00000200. The van der Waals surface area contributed by atoms with Crippen LogP contribution >= 0.6 is 12.4 Å². The highest BCUT2D eigenvalue weighted by Crippen LogP contribution is 2.37. The molecule has 0 bridgehead atoms. The van der Waals surface area contributed by atoms with Crippen LogP contribution in [0.4, 0.5) is 0 Å². The maximum atomic E-state index is 12.1. The van der Waals surface area contributed by atoms with Crippen molar-refractivity contribution in [3.63, 3.8) is 0 Å². The molecule has 20 heavy (non-hydrogen) atoms. The minimum atomic E-state index is -0.0220. The first-order chi connectivity index (χ1) is 9.11. The first kappa shape index (κ1) is 17.2. The quantitative estimate of drug-likeness (QED) is 0.793. The summed E-state index contributed by atoms with van der Waals surface area (Å²) >= 11 is 0. The van der Waals surface area contributed by atoms with Crippen molar-refractivity contribution in [1.29, 1.82) is 0 Å². The Bertz CT molecular complexity index is 351. The SMILES string of the molecule is CCCNC(=O)CCC(=O)N1CC2CCC(N)C2C1.Cl. The Morgan fingerprint density at radius 3 is 2.65 bits per heavy atom. The van der Waals surface area contributed by atoms with Gasteiger partial charge in [-0.15, -0.1) is 12.4 Å². The van der Waals surface area contributed by atoms with E-state index in [2.05, 4.69) is 5.32 Å². The maximum absolute atomic E-state index is 12.1. The molecule has 2 amide bonds. The highest BCUT2D eigenvalue weighted by atomic mass is 35.5. The Morgan fingerprint density at radius 1 is 1.25 bits per heavy atom. The van der Waals surface area contributed by atoms with E-state index in [1.807, 2.05) is 11.8 Å². The highest BCUT2D eigenvalue weighted by Gasteiger charge is 2.42. The molecule has 1 aliphatic heterocycles. The number of carbonyl (C=O) groups is 2. The van der Waals surface area contributed by atoms with Gasteiger partial charge in [0.25, 0.3) is 0 Å². The van der Waals surface area contributed by atoms with E-state index in [1.54, 1.807) is 0 Å². The third kappa shape index (κ3) is 4.09. The number of carbonyl (C=O) groups excluding carboxylic acids is 2. The molecule has 0 spiro atoms. The number of likely N-dealkylation sites (tertiary alicyclic amines) is 1.